The van der Waals surface area contributed by atoms with Crippen LogP contribution in [-0.4, -0.2) is 13.1 Å². The van der Waals surface area contributed by atoms with Gasteiger partial charge in [0.05, 0.1) is 0 Å². The summed E-state index contributed by atoms with van der Waals surface area (Å²) in [4.78, 5) is 0. The van der Waals surface area contributed by atoms with E-state index < -0.39 is 0 Å². The van der Waals surface area contributed by atoms with Crippen LogP contribution in [0.15, 0.2) is 12.1 Å². The maximum atomic E-state index is 14.0. The summed E-state index contributed by atoms with van der Waals surface area (Å²) in [6, 6.07) is 3.49. The summed E-state index contributed by atoms with van der Waals surface area (Å²) in [5.41, 5.74) is 3.26. The van der Waals surface area contributed by atoms with Gasteiger partial charge in [0.15, 0.2) is 0 Å². The Labute approximate surface area is 97.1 Å². The molecule has 1 N–H and O–H groups in total. The highest BCUT2D eigenvalue weighted by Gasteiger charge is 2.32. The first-order valence-corrected chi connectivity index (χ1v) is 6.01. The van der Waals surface area contributed by atoms with Gasteiger partial charge >= 0.3 is 0 Å². The Morgan fingerprint density at radius 2 is 1.81 bits per heavy atom. The number of hydrogen-bond donors (Lipinski definition) is 1. The van der Waals surface area contributed by atoms with Crippen molar-refractivity contribution in [1.29, 1.82) is 0 Å². The fourth-order valence-corrected chi connectivity index (χ4v) is 2.75. The molecule has 0 atom stereocenters. The quantitative estimate of drug-likeness (QED) is 0.768. The molecule has 1 aromatic rings. The predicted molar refractivity (Wildman–Crippen MR) is 65.3 cm³/mol. The summed E-state index contributed by atoms with van der Waals surface area (Å²) < 4.78 is 14.0. The molecule has 1 nitrogen and oxygen atoms in total. The van der Waals surface area contributed by atoms with E-state index in [0.717, 1.165) is 37.1 Å². The molecule has 1 heterocycles. The maximum Gasteiger partial charge on any atom is 0.127 e. The van der Waals surface area contributed by atoms with Gasteiger partial charge in [0, 0.05) is 0 Å². The summed E-state index contributed by atoms with van der Waals surface area (Å²) >= 11 is 0. The van der Waals surface area contributed by atoms with Crippen molar-refractivity contribution in [2.24, 2.45) is 0 Å². The van der Waals surface area contributed by atoms with Gasteiger partial charge in [-0.25, -0.2) is 4.39 Å². The third-order valence-electron chi connectivity index (χ3n) is 4.00. The van der Waals surface area contributed by atoms with Crippen LogP contribution in [0.25, 0.3) is 0 Å². The van der Waals surface area contributed by atoms with E-state index in [1.54, 1.807) is 6.07 Å². The molecule has 0 bridgehead atoms. The molecule has 16 heavy (non-hydrogen) atoms. The third kappa shape index (κ3) is 1.86. The zero-order valence-corrected chi connectivity index (χ0v) is 10.4. The van der Waals surface area contributed by atoms with Gasteiger partial charge in [0.1, 0.15) is 5.82 Å². The SMILES string of the molecule is Cc1ccc(F)c(C2(C)CCNCC2)c1C. The zero-order valence-electron chi connectivity index (χ0n) is 10.4. The molecule has 0 saturated carbocycles. The Morgan fingerprint density at radius 3 is 2.44 bits per heavy atom. The summed E-state index contributed by atoms with van der Waals surface area (Å²) in [5.74, 6) is -0.0347. The highest BCUT2D eigenvalue weighted by Crippen LogP contribution is 2.37. The van der Waals surface area contributed by atoms with Gasteiger partial charge in [-0.1, -0.05) is 13.0 Å². The first-order valence-electron chi connectivity index (χ1n) is 6.01. The fraction of sp³-hybridized carbons (Fsp3) is 0.571. The molecule has 1 aliphatic heterocycles. The predicted octanol–water partition coefficient (Wildman–Crippen LogP) is 3.08. The smallest absolute Gasteiger partial charge is 0.127 e. The number of hydrogen-bond acceptors (Lipinski definition) is 1. The number of rotatable bonds is 1. The monoisotopic (exact) mass is 221 g/mol. The van der Waals surface area contributed by atoms with Crippen LogP contribution in [0.3, 0.4) is 0 Å². The van der Waals surface area contributed by atoms with Gasteiger partial charge in [0.25, 0.3) is 0 Å². The van der Waals surface area contributed by atoms with E-state index in [9.17, 15) is 4.39 Å². The van der Waals surface area contributed by atoms with Crippen molar-refractivity contribution >= 4 is 0 Å². The number of aryl methyl sites for hydroxylation is 1. The van der Waals surface area contributed by atoms with Crippen molar-refractivity contribution in [2.75, 3.05) is 13.1 Å². The molecule has 2 heteroatoms. The first kappa shape index (κ1) is 11.6. The number of halogens is 1. The van der Waals surface area contributed by atoms with E-state index >= 15 is 0 Å². The fourth-order valence-electron chi connectivity index (χ4n) is 2.75. The molecule has 1 saturated heterocycles. The van der Waals surface area contributed by atoms with Crippen molar-refractivity contribution in [2.45, 2.75) is 39.0 Å². The lowest BCUT2D eigenvalue weighted by atomic mass is 9.72. The Morgan fingerprint density at radius 1 is 1.19 bits per heavy atom. The van der Waals surface area contributed by atoms with Crippen LogP contribution in [0.4, 0.5) is 4.39 Å². The molecule has 1 fully saturated rings. The lowest BCUT2D eigenvalue weighted by Crippen LogP contribution is -2.38. The van der Waals surface area contributed by atoms with E-state index in [2.05, 4.69) is 19.2 Å². The molecular weight excluding hydrogens is 201 g/mol. The average molecular weight is 221 g/mol. The normalized spacial score (nSPS) is 19.8. The molecule has 0 aromatic heterocycles. The summed E-state index contributed by atoms with van der Waals surface area (Å²) in [6.07, 6.45) is 2.04. The first-order chi connectivity index (χ1) is 7.54. The van der Waals surface area contributed by atoms with E-state index in [1.807, 2.05) is 13.0 Å². The minimum absolute atomic E-state index is 0.00539. The van der Waals surface area contributed by atoms with Crippen molar-refractivity contribution in [3.05, 3.63) is 34.6 Å². The van der Waals surface area contributed by atoms with Crippen molar-refractivity contribution in [1.82, 2.24) is 5.32 Å². The largest absolute Gasteiger partial charge is 0.317 e. The summed E-state index contributed by atoms with van der Waals surface area (Å²) in [7, 11) is 0. The Bertz CT molecular complexity index is 392. The van der Waals surface area contributed by atoms with Crippen LogP contribution >= 0.6 is 0 Å². The molecular formula is C14H20FN. The van der Waals surface area contributed by atoms with Crippen molar-refractivity contribution < 1.29 is 4.39 Å². The summed E-state index contributed by atoms with van der Waals surface area (Å²) in [5, 5.41) is 3.34. The molecule has 0 radical (unpaired) electrons. The highest BCUT2D eigenvalue weighted by molar-refractivity contribution is 5.39. The molecule has 88 valence electrons. The van der Waals surface area contributed by atoms with Gasteiger partial charge in [-0.2, -0.15) is 0 Å². The van der Waals surface area contributed by atoms with Crippen molar-refractivity contribution in [3.63, 3.8) is 0 Å². The number of nitrogens with one attached hydrogen (secondary N) is 1. The van der Waals surface area contributed by atoms with Gasteiger partial charge < -0.3 is 5.32 Å². The molecule has 1 aliphatic rings. The van der Waals surface area contributed by atoms with Crippen LogP contribution in [-0.2, 0) is 5.41 Å². The molecule has 2 rings (SSSR count). The number of piperidine rings is 1. The number of benzene rings is 1. The maximum absolute atomic E-state index is 14.0. The second-order valence-corrected chi connectivity index (χ2v) is 5.17. The molecule has 1 aromatic carbocycles. The van der Waals surface area contributed by atoms with Crippen LogP contribution < -0.4 is 5.32 Å². The van der Waals surface area contributed by atoms with Crippen LogP contribution in [0.2, 0.25) is 0 Å². The standard InChI is InChI=1S/C14H20FN/c1-10-4-5-12(15)13(11(10)2)14(3)6-8-16-9-7-14/h4-5,16H,6-9H2,1-3H3. The molecule has 0 amide bonds. The Kier molecular flexibility index (Phi) is 3.02. The van der Waals surface area contributed by atoms with Crippen LogP contribution in [0, 0.1) is 19.7 Å². The molecule has 0 aliphatic carbocycles. The Hall–Kier alpha value is -0.890. The van der Waals surface area contributed by atoms with Gasteiger partial charge in [-0.15, -0.1) is 0 Å². The third-order valence-corrected chi connectivity index (χ3v) is 4.00. The van der Waals surface area contributed by atoms with E-state index in [0.29, 0.717) is 0 Å². The minimum Gasteiger partial charge on any atom is -0.317 e. The van der Waals surface area contributed by atoms with E-state index in [4.69, 9.17) is 0 Å². The lowest BCUT2D eigenvalue weighted by molar-refractivity contribution is 0.323. The zero-order chi connectivity index (χ0) is 11.8. The summed E-state index contributed by atoms with van der Waals surface area (Å²) in [6.45, 7) is 8.27. The molecule has 0 unspecified atom stereocenters. The molecule has 0 spiro atoms. The van der Waals surface area contributed by atoms with E-state index in [1.165, 1.54) is 5.56 Å². The highest BCUT2D eigenvalue weighted by atomic mass is 19.1. The second kappa shape index (κ2) is 4.17. The van der Waals surface area contributed by atoms with Gasteiger partial charge in [0.2, 0.25) is 0 Å². The second-order valence-electron chi connectivity index (χ2n) is 5.17. The Balaban J connectivity index is 2.49. The average Bonchev–Trinajstić information content (AvgIpc) is 2.25. The van der Waals surface area contributed by atoms with Crippen molar-refractivity contribution in [3.8, 4) is 0 Å². The topological polar surface area (TPSA) is 12.0 Å². The van der Waals surface area contributed by atoms with Gasteiger partial charge in [-0.3, -0.25) is 0 Å². The van der Waals surface area contributed by atoms with Gasteiger partial charge in [-0.05, 0) is 68.0 Å². The van der Waals surface area contributed by atoms with E-state index in [-0.39, 0.29) is 11.2 Å². The van der Waals surface area contributed by atoms with Crippen LogP contribution in [0.1, 0.15) is 36.5 Å². The van der Waals surface area contributed by atoms with Crippen LogP contribution in [0.5, 0.6) is 0 Å². The minimum atomic E-state index is -0.0347. The lowest BCUT2D eigenvalue weighted by Gasteiger charge is -2.36.